The van der Waals surface area contributed by atoms with Gasteiger partial charge in [-0.15, -0.1) is 0 Å². The van der Waals surface area contributed by atoms with E-state index >= 15 is 0 Å². The van der Waals surface area contributed by atoms with Crippen LogP contribution >= 0.6 is 12.2 Å². The summed E-state index contributed by atoms with van der Waals surface area (Å²) in [5.74, 6) is 0.511. The molecule has 0 radical (unpaired) electrons. The first-order chi connectivity index (χ1) is 14.1. The van der Waals surface area contributed by atoms with Crippen molar-refractivity contribution in [1.82, 2.24) is 5.32 Å². The van der Waals surface area contributed by atoms with Crippen molar-refractivity contribution in [3.63, 3.8) is 0 Å². The zero-order chi connectivity index (χ0) is 20.5. The fourth-order valence-corrected chi connectivity index (χ4v) is 2.68. The molecule has 0 spiro atoms. The topological polar surface area (TPSA) is 59.6 Å². The predicted molar refractivity (Wildman–Crippen MR) is 114 cm³/mol. The molecule has 0 aliphatic carbocycles. The summed E-state index contributed by atoms with van der Waals surface area (Å²) in [6.45, 7) is 0.710. The Labute approximate surface area is 173 Å². The summed E-state index contributed by atoms with van der Waals surface area (Å²) in [6, 6.07) is 22.0. The molecule has 5 nitrogen and oxygen atoms in total. The van der Waals surface area contributed by atoms with Gasteiger partial charge in [0.15, 0.2) is 5.11 Å². The third kappa shape index (κ3) is 6.58. The van der Waals surface area contributed by atoms with Crippen molar-refractivity contribution in [1.29, 1.82) is 0 Å². The summed E-state index contributed by atoms with van der Waals surface area (Å²) >= 11 is 5.11. The van der Waals surface area contributed by atoms with Crippen molar-refractivity contribution in [3.05, 3.63) is 90.2 Å². The SMILES string of the molecule is O=C(NC(=S)Nc1cccc(F)c1)c1cccc(OCCOc2ccccc2)c1. The second-order valence-corrected chi connectivity index (χ2v) is 6.36. The van der Waals surface area contributed by atoms with Crippen LogP contribution in [0.15, 0.2) is 78.9 Å². The van der Waals surface area contributed by atoms with Gasteiger partial charge in [-0.2, -0.15) is 0 Å². The van der Waals surface area contributed by atoms with Crippen molar-refractivity contribution >= 4 is 28.9 Å². The highest BCUT2D eigenvalue weighted by molar-refractivity contribution is 7.80. The predicted octanol–water partition coefficient (Wildman–Crippen LogP) is 4.41. The number of nitrogens with one attached hydrogen (secondary N) is 2. The number of rotatable bonds is 7. The second kappa shape index (κ2) is 10.2. The maximum absolute atomic E-state index is 13.2. The summed E-state index contributed by atoms with van der Waals surface area (Å²) < 4.78 is 24.4. The molecular weight excluding hydrogens is 391 g/mol. The van der Waals surface area contributed by atoms with Crippen LogP contribution in [0.1, 0.15) is 10.4 Å². The molecule has 0 saturated heterocycles. The lowest BCUT2D eigenvalue weighted by molar-refractivity contribution is 0.0977. The number of hydrogen-bond acceptors (Lipinski definition) is 4. The van der Waals surface area contributed by atoms with E-state index in [1.54, 1.807) is 36.4 Å². The molecule has 0 unspecified atom stereocenters. The second-order valence-electron chi connectivity index (χ2n) is 5.96. The smallest absolute Gasteiger partial charge is 0.257 e. The highest BCUT2D eigenvalue weighted by Gasteiger charge is 2.09. The van der Waals surface area contributed by atoms with Gasteiger partial charge in [-0.05, 0) is 60.7 Å². The number of hydrogen-bond donors (Lipinski definition) is 2. The summed E-state index contributed by atoms with van der Waals surface area (Å²) in [5, 5.41) is 5.40. The van der Waals surface area contributed by atoms with E-state index in [1.165, 1.54) is 12.1 Å². The molecule has 0 atom stereocenters. The van der Waals surface area contributed by atoms with E-state index in [-0.39, 0.29) is 5.11 Å². The monoisotopic (exact) mass is 410 g/mol. The standard InChI is InChI=1S/C22H19FN2O3S/c23-17-7-5-8-18(15-17)24-22(29)25-21(26)16-6-4-11-20(14-16)28-13-12-27-19-9-2-1-3-10-19/h1-11,14-15H,12-13H2,(H2,24,25,26,29). The van der Waals surface area contributed by atoms with Crippen LogP contribution in [0.4, 0.5) is 10.1 Å². The van der Waals surface area contributed by atoms with Gasteiger partial charge in [0, 0.05) is 11.3 Å². The van der Waals surface area contributed by atoms with Crippen LogP contribution in [-0.2, 0) is 0 Å². The van der Waals surface area contributed by atoms with Crippen molar-refractivity contribution in [3.8, 4) is 11.5 Å². The van der Waals surface area contributed by atoms with Crippen molar-refractivity contribution in [2.24, 2.45) is 0 Å². The molecule has 3 aromatic rings. The van der Waals surface area contributed by atoms with E-state index in [0.717, 1.165) is 5.75 Å². The molecule has 0 bridgehead atoms. The lowest BCUT2D eigenvalue weighted by Gasteiger charge is -2.11. The van der Waals surface area contributed by atoms with Gasteiger partial charge in [0.1, 0.15) is 30.5 Å². The summed E-state index contributed by atoms with van der Waals surface area (Å²) in [7, 11) is 0. The average Bonchev–Trinajstić information content (AvgIpc) is 2.72. The molecule has 0 aliphatic rings. The minimum Gasteiger partial charge on any atom is -0.490 e. The Kier molecular flexibility index (Phi) is 7.13. The minimum atomic E-state index is -0.398. The zero-order valence-electron chi connectivity index (χ0n) is 15.4. The third-order valence-electron chi connectivity index (χ3n) is 3.77. The minimum absolute atomic E-state index is 0.0724. The van der Waals surface area contributed by atoms with Gasteiger partial charge in [0.05, 0.1) is 0 Å². The number of benzene rings is 3. The Balaban J connectivity index is 1.48. The van der Waals surface area contributed by atoms with E-state index in [1.807, 2.05) is 30.3 Å². The molecule has 3 aromatic carbocycles. The Morgan fingerprint density at radius 1 is 0.862 bits per heavy atom. The van der Waals surface area contributed by atoms with E-state index in [2.05, 4.69) is 10.6 Å². The Morgan fingerprint density at radius 2 is 1.55 bits per heavy atom. The Morgan fingerprint density at radius 3 is 2.31 bits per heavy atom. The number of thiocarbonyl (C=S) groups is 1. The number of halogens is 1. The highest BCUT2D eigenvalue weighted by atomic mass is 32.1. The third-order valence-corrected chi connectivity index (χ3v) is 3.97. The van der Waals surface area contributed by atoms with Crippen molar-refractivity contribution < 1.29 is 18.7 Å². The molecule has 0 aliphatic heterocycles. The number of carbonyl (C=O) groups is 1. The number of anilines is 1. The first-order valence-electron chi connectivity index (χ1n) is 8.89. The number of ether oxygens (including phenoxy) is 2. The highest BCUT2D eigenvalue weighted by Crippen LogP contribution is 2.14. The van der Waals surface area contributed by atoms with Gasteiger partial charge in [-0.1, -0.05) is 30.3 Å². The van der Waals surface area contributed by atoms with Crippen LogP contribution in [0.2, 0.25) is 0 Å². The fourth-order valence-electron chi connectivity index (χ4n) is 2.47. The van der Waals surface area contributed by atoms with Crippen LogP contribution in [0, 0.1) is 5.82 Å². The number of amides is 1. The summed E-state index contributed by atoms with van der Waals surface area (Å²) in [4.78, 5) is 12.4. The fraction of sp³-hybridized carbons (Fsp3) is 0.0909. The molecule has 7 heteroatoms. The molecule has 148 valence electrons. The quantitative estimate of drug-likeness (QED) is 0.446. The van der Waals surface area contributed by atoms with Crippen LogP contribution in [0.5, 0.6) is 11.5 Å². The van der Waals surface area contributed by atoms with E-state index < -0.39 is 11.7 Å². The van der Waals surface area contributed by atoms with E-state index in [0.29, 0.717) is 30.2 Å². The van der Waals surface area contributed by atoms with E-state index in [4.69, 9.17) is 21.7 Å². The van der Waals surface area contributed by atoms with Crippen LogP contribution in [0.25, 0.3) is 0 Å². The molecule has 0 aromatic heterocycles. The van der Waals surface area contributed by atoms with Gasteiger partial charge < -0.3 is 14.8 Å². The zero-order valence-corrected chi connectivity index (χ0v) is 16.2. The Hall–Kier alpha value is -3.45. The molecule has 0 heterocycles. The summed E-state index contributed by atoms with van der Waals surface area (Å²) in [5.41, 5.74) is 0.834. The molecule has 3 rings (SSSR count). The van der Waals surface area contributed by atoms with Gasteiger partial charge in [-0.25, -0.2) is 4.39 Å². The summed E-state index contributed by atoms with van der Waals surface area (Å²) in [6.07, 6.45) is 0. The Bertz CT molecular complexity index is 983. The largest absolute Gasteiger partial charge is 0.490 e. The van der Waals surface area contributed by atoms with Gasteiger partial charge >= 0.3 is 0 Å². The first-order valence-corrected chi connectivity index (χ1v) is 9.29. The number of para-hydroxylation sites is 1. The van der Waals surface area contributed by atoms with Gasteiger partial charge in [0.2, 0.25) is 0 Å². The number of carbonyl (C=O) groups excluding carboxylic acids is 1. The first kappa shape index (κ1) is 20.3. The van der Waals surface area contributed by atoms with Gasteiger partial charge in [-0.3, -0.25) is 10.1 Å². The molecule has 1 amide bonds. The molecule has 2 N–H and O–H groups in total. The van der Waals surface area contributed by atoms with Crippen LogP contribution in [0.3, 0.4) is 0 Å². The van der Waals surface area contributed by atoms with Crippen molar-refractivity contribution in [2.45, 2.75) is 0 Å². The lowest BCUT2D eigenvalue weighted by atomic mass is 10.2. The van der Waals surface area contributed by atoms with Gasteiger partial charge in [0.25, 0.3) is 5.91 Å². The molecule has 0 saturated carbocycles. The van der Waals surface area contributed by atoms with Crippen molar-refractivity contribution in [2.75, 3.05) is 18.5 Å². The van der Waals surface area contributed by atoms with Crippen LogP contribution < -0.4 is 20.1 Å². The molecule has 0 fully saturated rings. The normalized spacial score (nSPS) is 10.1. The maximum Gasteiger partial charge on any atom is 0.257 e. The lowest BCUT2D eigenvalue weighted by Crippen LogP contribution is -2.34. The molecular formula is C22H19FN2O3S. The van der Waals surface area contributed by atoms with E-state index in [9.17, 15) is 9.18 Å². The average molecular weight is 410 g/mol. The maximum atomic E-state index is 13.2. The molecule has 29 heavy (non-hydrogen) atoms. The van der Waals surface area contributed by atoms with Crippen LogP contribution in [-0.4, -0.2) is 24.2 Å².